The van der Waals surface area contributed by atoms with Gasteiger partial charge < -0.3 is 10.1 Å². The number of sulfonamides is 1. The number of carbonyl (C=O) groups excluding carboxylic acids is 1. The van der Waals surface area contributed by atoms with Crippen molar-refractivity contribution in [3.8, 4) is 5.75 Å². The van der Waals surface area contributed by atoms with Gasteiger partial charge in [0.2, 0.25) is 15.9 Å². The molecule has 0 unspecified atom stereocenters. The van der Waals surface area contributed by atoms with Gasteiger partial charge in [0, 0.05) is 13.0 Å². The summed E-state index contributed by atoms with van der Waals surface area (Å²) in [5.74, 6) is 0.640. The Morgan fingerprint density at radius 2 is 1.68 bits per heavy atom. The Kier molecular flexibility index (Phi) is 7.87. The molecular formula is C21H28N2O4S. The number of ether oxygens (including phenoxy) is 1. The number of nitrogens with one attached hydrogen (secondary N) is 1. The number of hydrogen-bond donors (Lipinski definition) is 1. The van der Waals surface area contributed by atoms with Crippen molar-refractivity contribution in [2.75, 3.05) is 30.3 Å². The normalized spacial score (nSPS) is 11.1. The van der Waals surface area contributed by atoms with Crippen LogP contribution in [0.25, 0.3) is 0 Å². The summed E-state index contributed by atoms with van der Waals surface area (Å²) in [7, 11) is -3.43. The van der Waals surface area contributed by atoms with Crippen LogP contribution in [-0.4, -0.2) is 40.3 Å². The van der Waals surface area contributed by atoms with Crippen LogP contribution < -0.4 is 14.4 Å². The Bertz CT molecular complexity index is 862. The zero-order chi connectivity index (χ0) is 20.6. The molecule has 2 aromatic rings. The highest BCUT2D eigenvalue weighted by Gasteiger charge is 2.20. The lowest BCUT2D eigenvalue weighted by Crippen LogP contribution is -2.33. The monoisotopic (exact) mass is 404 g/mol. The van der Waals surface area contributed by atoms with Crippen molar-refractivity contribution in [3.63, 3.8) is 0 Å². The molecule has 6 nitrogen and oxygen atoms in total. The third kappa shape index (κ3) is 6.56. The number of anilines is 1. The van der Waals surface area contributed by atoms with Gasteiger partial charge in [-0.2, -0.15) is 0 Å². The second-order valence-electron chi connectivity index (χ2n) is 6.69. The maximum atomic E-state index is 12.3. The summed E-state index contributed by atoms with van der Waals surface area (Å²) < 4.78 is 31.5. The van der Waals surface area contributed by atoms with Crippen LogP contribution in [0.15, 0.2) is 48.5 Å². The molecule has 1 amide bonds. The first-order chi connectivity index (χ1) is 13.3. The van der Waals surface area contributed by atoms with Gasteiger partial charge in [-0.3, -0.25) is 9.10 Å². The smallest absolute Gasteiger partial charge is 0.232 e. The summed E-state index contributed by atoms with van der Waals surface area (Å²) in [5.41, 5.74) is 2.49. The first-order valence-electron chi connectivity index (χ1n) is 9.27. The quantitative estimate of drug-likeness (QED) is 0.618. The minimum Gasteiger partial charge on any atom is -0.492 e. The summed E-state index contributed by atoms with van der Waals surface area (Å²) in [6.07, 6.45) is 1.88. The van der Waals surface area contributed by atoms with Crippen molar-refractivity contribution in [2.24, 2.45) is 0 Å². The van der Waals surface area contributed by atoms with E-state index < -0.39 is 10.0 Å². The molecule has 2 aromatic carbocycles. The van der Waals surface area contributed by atoms with Crippen molar-refractivity contribution in [3.05, 3.63) is 59.7 Å². The molecule has 7 heteroatoms. The van der Waals surface area contributed by atoms with Crippen LogP contribution in [-0.2, 0) is 14.8 Å². The molecule has 0 radical (unpaired) electrons. The molecule has 0 spiro atoms. The van der Waals surface area contributed by atoms with Gasteiger partial charge in [0.25, 0.3) is 0 Å². The second-order valence-corrected chi connectivity index (χ2v) is 8.60. The number of amides is 1. The van der Waals surface area contributed by atoms with Gasteiger partial charge in [0.1, 0.15) is 12.4 Å². The summed E-state index contributed by atoms with van der Waals surface area (Å²) in [6.45, 7) is 4.83. The predicted octanol–water partition coefficient (Wildman–Crippen LogP) is 3.04. The Hall–Kier alpha value is -2.54. The number of rotatable bonds is 10. The topological polar surface area (TPSA) is 75.7 Å². The number of aryl methyl sites for hydroxylation is 2. The van der Waals surface area contributed by atoms with Crippen molar-refractivity contribution < 1.29 is 17.9 Å². The summed E-state index contributed by atoms with van der Waals surface area (Å²) in [6, 6.07) is 15.1. The van der Waals surface area contributed by atoms with Gasteiger partial charge in [0.05, 0.1) is 18.5 Å². The van der Waals surface area contributed by atoms with Crippen molar-refractivity contribution in [1.29, 1.82) is 0 Å². The van der Waals surface area contributed by atoms with E-state index >= 15 is 0 Å². The predicted molar refractivity (Wildman–Crippen MR) is 112 cm³/mol. The molecule has 0 heterocycles. The number of carbonyl (C=O) groups is 1. The van der Waals surface area contributed by atoms with Gasteiger partial charge in [-0.05, 0) is 43.5 Å². The number of para-hydroxylation sites is 2. The van der Waals surface area contributed by atoms with E-state index in [0.717, 1.165) is 16.9 Å². The molecule has 0 aliphatic rings. The van der Waals surface area contributed by atoms with Gasteiger partial charge in [-0.1, -0.05) is 36.4 Å². The fourth-order valence-electron chi connectivity index (χ4n) is 2.99. The molecule has 0 atom stereocenters. The SMILES string of the molecule is Cc1cccc(C)c1N(CCCC(=O)NCCOc1ccccc1)S(C)(=O)=O. The summed E-state index contributed by atoms with van der Waals surface area (Å²) in [4.78, 5) is 12.0. The molecule has 0 bridgehead atoms. The first-order valence-corrected chi connectivity index (χ1v) is 11.1. The highest BCUT2D eigenvalue weighted by molar-refractivity contribution is 7.92. The van der Waals surface area contributed by atoms with E-state index in [2.05, 4.69) is 5.32 Å². The lowest BCUT2D eigenvalue weighted by molar-refractivity contribution is -0.121. The van der Waals surface area contributed by atoms with E-state index in [1.807, 2.05) is 62.4 Å². The van der Waals surface area contributed by atoms with Gasteiger partial charge in [-0.15, -0.1) is 0 Å². The first kappa shape index (κ1) is 21.8. The van der Waals surface area contributed by atoms with E-state index in [0.29, 0.717) is 25.3 Å². The number of nitrogens with zero attached hydrogens (tertiary/aromatic N) is 1. The Labute approximate surface area is 167 Å². The molecule has 28 heavy (non-hydrogen) atoms. The average Bonchev–Trinajstić information content (AvgIpc) is 2.64. The van der Waals surface area contributed by atoms with Crippen molar-refractivity contribution in [2.45, 2.75) is 26.7 Å². The van der Waals surface area contributed by atoms with Gasteiger partial charge in [0.15, 0.2) is 0 Å². The number of benzene rings is 2. The van der Waals surface area contributed by atoms with Crippen LogP contribution in [0.5, 0.6) is 5.75 Å². The molecular weight excluding hydrogens is 376 g/mol. The molecule has 2 rings (SSSR count). The molecule has 0 aliphatic heterocycles. The Morgan fingerprint density at radius 3 is 2.29 bits per heavy atom. The maximum Gasteiger partial charge on any atom is 0.232 e. The molecule has 0 fully saturated rings. The highest BCUT2D eigenvalue weighted by Crippen LogP contribution is 2.27. The van der Waals surface area contributed by atoms with Gasteiger partial charge >= 0.3 is 0 Å². The van der Waals surface area contributed by atoms with Crippen LogP contribution in [0, 0.1) is 13.8 Å². The van der Waals surface area contributed by atoms with E-state index in [4.69, 9.17) is 4.74 Å². The standard InChI is InChI=1S/C21H28N2O4S/c1-17-9-7-10-18(2)21(17)23(28(3,25)26)15-8-13-20(24)22-14-16-27-19-11-5-4-6-12-19/h4-7,9-12H,8,13-16H2,1-3H3,(H,22,24). The lowest BCUT2D eigenvalue weighted by Gasteiger charge is -2.26. The maximum absolute atomic E-state index is 12.3. The van der Waals surface area contributed by atoms with Crippen LogP contribution in [0.4, 0.5) is 5.69 Å². The number of hydrogen-bond acceptors (Lipinski definition) is 4. The third-order valence-electron chi connectivity index (χ3n) is 4.29. The third-order valence-corrected chi connectivity index (χ3v) is 5.46. The van der Waals surface area contributed by atoms with E-state index in [1.54, 1.807) is 0 Å². The minimum atomic E-state index is -3.43. The molecule has 152 valence electrons. The largest absolute Gasteiger partial charge is 0.492 e. The molecule has 0 saturated carbocycles. The summed E-state index contributed by atoms with van der Waals surface area (Å²) >= 11 is 0. The lowest BCUT2D eigenvalue weighted by atomic mass is 10.1. The van der Waals surface area contributed by atoms with Crippen LogP contribution in [0.2, 0.25) is 0 Å². The summed E-state index contributed by atoms with van der Waals surface area (Å²) in [5, 5.41) is 2.80. The van der Waals surface area contributed by atoms with E-state index in [1.165, 1.54) is 10.6 Å². The Morgan fingerprint density at radius 1 is 1.04 bits per heavy atom. The van der Waals surface area contributed by atoms with Crippen LogP contribution >= 0.6 is 0 Å². The van der Waals surface area contributed by atoms with E-state index in [-0.39, 0.29) is 18.9 Å². The second kappa shape index (κ2) is 10.1. The van der Waals surface area contributed by atoms with Crippen molar-refractivity contribution in [1.82, 2.24) is 5.32 Å². The minimum absolute atomic E-state index is 0.119. The van der Waals surface area contributed by atoms with E-state index in [9.17, 15) is 13.2 Å². The molecule has 0 aliphatic carbocycles. The Balaban J connectivity index is 1.81. The van der Waals surface area contributed by atoms with Gasteiger partial charge in [-0.25, -0.2) is 8.42 Å². The fourth-order valence-corrected chi connectivity index (χ4v) is 4.07. The molecule has 1 N–H and O–H groups in total. The van der Waals surface area contributed by atoms with Crippen LogP contribution in [0.3, 0.4) is 0 Å². The zero-order valence-corrected chi connectivity index (χ0v) is 17.5. The average molecular weight is 405 g/mol. The highest BCUT2D eigenvalue weighted by atomic mass is 32.2. The fraction of sp³-hybridized carbons (Fsp3) is 0.381. The van der Waals surface area contributed by atoms with Crippen molar-refractivity contribution >= 4 is 21.6 Å². The molecule has 0 aromatic heterocycles. The zero-order valence-electron chi connectivity index (χ0n) is 16.6. The van der Waals surface area contributed by atoms with Crippen LogP contribution in [0.1, 0.15) is 24.0 Å². The molecule has 0 saturated heterocycles.